The number of hydrogen-bond acceptors (Lipinski definition) is 7. The van der Waals surface area contributed by atoms with Crippen LogP contribution in [0.4, 0.5) is 0 Å². The summed E-state index contributed by atoms with van der Waals surface area (Å²) in [4.78, 5) is 0. The maximum absolute atomic E-state index is 9.81. The molecule has 0 spiro atoms. The van der Waals surface area contributed by atoms with Crippen molar-refractivity contribution in [3.8, 4) is 46.0 Å². The van der Waals surface area contributed by atoms with Crippen LogP contribution < -0.4 is 14.2 Å². The maximum atomic E-state index is 9.81. The fourth-order valence-corrected chi connectivity index (χ4v) is 1.70. The van der Waals surface area contributed by atoms with E-state index in [9.17, 15) is 20.4 Å². The quantitative estimate of drug-likeness (QED) is 0.641. The van der Waals surface area contributed by atoms with Crippen LogP contribution in [-0.2, 0) is 0 Å². The van der Waals surface area contributed by atoms with E-state index >= 15 is 0 Å². The molecule has 0 saturated heterocycles. The second-order valence-corrected chi connectivity index (χ2v) is 4.03. The summed E-state index contributed by atoms with van der Waals surface area (Å²) in [5, 5.41) is 39.0. The van der Waals surface area contributed by atoms with E-state index in [4.69, 9.17) is 14.2 Å². The third-order valence-electron chi connectivity index (χ3n) is 2.81. The second-order valence-electron chi connectivity index (χ2n) is 4.03. The standard InChI is InChI=1S/C14H14O7/c1-19-7-3-5-9(13(17)11(7)15)21-10-6-4-8(20-2)12(16)14(10)18/h3-6,15-18H,1-2H3. The second kappa shape index (κ2) is 5.58. The highest BCUT2D eigenvalue weighted by molar-refractivity contribution is 5.61. The van der Waals surface area contributed by atoms with Crippen LogP contribution in [0.15, 0.2) is 24.3 Å². The van der Waals surface area contributed by atoms with Crippen molar-refractivity contribution in [1.82, 2.24) is 0 Å². The molecule has 112 valence electrons. The van der Waals surface area contributed by atoms with Gasteiger partial charge in [0.05, 0.1) is 14.2 Å². The molecule has 0 radical (unpaired) electrons. The Bertz CT molecular complexity index is 609. The van der Waals surface area contributed by atoms with Gasteiger partial charge in [0, 0.05) is 0 Å². The number of aromatic hydroxyl groups is 4. The monoisotopic (exact) mass is 294 g/mol. The number of benzene rings is 2. The molecular formula is C14H14O7. The van der Waals surface area contributed by atoms with Crippen molar-refractivity contribution in [2.75, 3.05) is 14.2 Å². The van der Waals surface area contributed by atoms with Crippen LogP contribution in [0, 0.1) is 0 Å². The minimum Gasteiger partial charge on any atom is -0.502 e. The first-order valence-corrected chi connectivity index (χ1v) is 5.85. The minimum atomic E-state index is -0.552. The highest BCUT2D eigenvalue weighted by Gasteiger charge is 2.18. The Morgan fingerprint density at radius 1 is 0.571 bits per heavy atom. The Labute approximate surface area is 120 Å². The zero-order chi connectivity index (χ0) is 15.6. The minimum absolute atomic E-state index is 0.0710. The third-order valence-corrected chi connectivity index (χ3v) is 2.81. The van der Waals surface area contributed by atoms with Gasteiger partial charge in [-0.2, -0.15) is 0 Å². The van der Waals surface area contributed by atoms with Crippen molar-refractivity contribution >= 4 is 0 Å². The highest BCUT2D eigenvalue weighted by Crippen LogP contribution is 2.48. The predicted molar refractivity (Wildman–Crippen MR) is 72.7 cm³/mol. The van der Waals surface area contributed by atoms with Gasteiger partial charge in [0.1, 0.15) is 0 Å². The number of phenolic OH excluding ortho intramolecular Hbond substituents is 4. The SMILES string of the molecule is COc1ccc(Oc2ccc(OC)c(O)c2O)c(O)c1O. The number of ether oxygens (including phenoxy) is 3. The zero-order valence-electron chi connectivity index (χ0n) is 11.3. The van der Waals surface area contributed by atoms with Crippen LogP contribution >= 0.6 is 0 Å². The van der Waals surface area contributed by atoms with Gasteiger partial charge in [0.15, 0.2) is 23.0 Å². The van der Waals surface area contributed by atoms with Crippen LogP contribution in [0.25, 0.3) is 0 Å². The Morgan fingerprint density at radius 3 is 1.19 bits per heavy atom. The summed E-state index contributed by atoms with van der Waals surface area (Å²) < 4.78 is 14.9. The summed E-state index contributed by atoms with van der Waals surface area (Å²) in [5.74, 6) is -2.18. The smallest absolute Gasteiger partial charge is 0.205 e. The van der Waals surface area contributed by atoms with E-state index in [0.29, 0.717) is 0 Å². The lowest BCUT2D eigenvalue weighted by Gasteiger charge is -2.13. The molecule has 0 unspecified atom stereocenters. The number of rotatable bonds is 4. The normalized spacial score (nSPS) is 10.2. The fourth-order valence-electron chi connectivity index (χ4n) is 1.70. The van der Waals surface area contributed by atoms with Gasteiger partial charge in [-0.3, -0.25) is 0 Å². The molecule has 7 heteroatoms. The third kappa shape index (κ3) is 2.53. The molecule has 0 atom stereocenters. The summed E-state index contributed by atoms with van der Waals surface area (Å²) >= 11 is 0. The molecule has 0 aromatic heterocycles. The molecule has 0 fully saturated rings. The molecule has 7 nitrogen and oxygen atoms in total. The zero-order valence-corrected chi connectivity index (χ0v) is 11.3. The lowest BCUT2D eigenvalue weighted by molar-refractivity contribution is 0.325. The Morgan fingerprint density at radius 2 is 0.857 bits per heavy atom. The molecule has 21 heavy (non-hydrogen) atoms. The first kappa shape index (κ1) is 14.4. The molecule has 4 N–H and O–H groups in total. The average Bonchev–Trinajstić information content (AvgIpc) is 2.49. The number of hydrogen-bond donors (Lipinski definition) is 4. The molecule has 0 amide bonds. The molecule has 0 bridgehead atoms. The van der Waals surface area contributed by atoms with Crippen LogP contribution in [0.1, 0.15) is 0 Å². The lowest BCUT2D eigenvalue weighted by Crippen LogP contribution is -1.90. The van der Waals surface area contributed by atoms with E-state index in [1.54, 1.807) is 0 Å². The molecule has 2 rings (SSSR count). The highest BCUT2D eigenvalue weighted by atomic mass is 16.5. The number of methoxy groups -OCH3 is 2. The molecule has 0 heterocycles. The van der Waals surface area contributed by atoms with E-state index in [1.165, 1.54) is 38.5 Å². The van der Waals surface area contributed by atoms with Crippen molar-refractivity contribution in [3.63, 3.8) is 0 Å². The first-order chi connectivity index (χ1) is 9.99. The first-order valence-electron chi connectivity index (χ1n) is 5.85. The topological polar surface area (TPSA) is 109 Å². The van der Waals surface area contributed by atoms with Crippen molar-refractivity contribution in [2.45, 2.75) is 0 Å². The summed E-state index contributed by atoms with van der Waals surface area (Å²) in [6.45, 7) is 0. The average molecular weight is 294 g/mol. The van der Waals surface area contributed by atoms with Gasteiger partial charge in [0.2, 0.25) is 23.0 Å². The Balaban J connectivity index is 2.39. The van der Waals surface area contributed by atoms with E-state index in [1.807, 2.05) is 0 Å². The molecule has 2 aromatic rings. The summed E-state index contributed by atoms with van der Waals surface area (Å²) in [6.07, 6.45) is 0. The molecule has 0 aliphatic rings. The van der Waals surface area contributed by atoms with Gasteiger partial charge in [-0.1, -0.05) is 0 Å². The summed E-state index contributed by atoms with van der Waals surface area (Å²) in [5.41, 5.74) is 0. The van der Waals surface area contributed by atoms with Gasteiger partial charge in [0.25, 0.3) is 0 Å². The molecular weight excluding hydrogens is 280 g/mol. The maximum Gasteiger partial charge on any atom is 0.205 e. The van der Waals surface area contributed by atoms with E-state index in [2.05, 4.69) is 0 Å². The van der Waals surface area contributed by atoms with Crippen LogP contribution in [0.5, 0.6) is 46.0 Å². The van der Waals surface area contributed by atoms with Crippen molar-refractivity contribution in [3.05, 3.63) is 24.3 Å². The van der Waals surface area contributed by atoms with Crippen molar-refractivity contribution in [1.29, 1.82) is 0 Å². The predicted octanol–water partition coefficient (Wildman–Crippen LogP) is 2.32. The number of phenols is 4. The Hall–Kier alpha value is -2.96. The molecule has 0 saturated carbocycles. The summed E-state index contributed by atoms with van der Waals surface area (Å²) in [7, 11) is 2.67. The van der Waals surface area contributed by atoms with Crippen LogP contribution in [0.3, 0.4) is 0 Å². The van der Waals surface area contributed by atoms with Crippen LogP contribution in [-0.4, -0.2) is 34.6 Å². The van der Waals surface area contributed by atoms with Crippen molar-refractivity contribution < 1.29 is 34.6 Å². The fraction of sp³-hybridized carbons (Fsp3) is 0.143. The van der Waals surface area contributed by atoms with Crippen molar-refractivity contribution in [2.24, 2.45) is 0 Å². The van der Waals surface area contributed by atoms with E-state index < -0.39 is 23.0 Å². The lowest BCUT2D eigenvalue weighted by atomic mass is 10.2. The molecule has 0 aliphatic carbocycles. The summed E-state index contributed by atoms with van der Waals surface area (Å²) in [6, 6.07) is 5.44. The largest absolute Gasteiger partial charge is 0.502 e. The van der Waals surface area contributed by atoms with E-state index in [-0.39, 0.29) is 23.0 Å². The van der Waals surface area contributed by atoms with E-state index in [0.717, 1.165) is 0 Å². The van der Waals surface area contributed by atoms with Gasteiger partial charge in [-0.15, -0.1) is 0 Å². The van der Waals surface area contributed by atoms with Gasteiger partial charge in [-0.25, -0.2) is 0 Å². The van der Waals surface area contributed by atoms with Gasteiger partial charge >= 0.3 is 0 Å². The van der Waals surface area contributed by atoms with Gasteiger partial charge < -0.3 is 34.6 Å². The Kier molecular flexibility index (Phi) is 3.84. The van der Waals surface area contributed by atoms with Crippen LogP contribution in [0.2, 0.25) is 0 Å². The molecule has 0 aliphatic heterocycles. The van der Waals surface area contributed by atoms with Gasteiger partial charge in [-0.05, 0) is 24.3 Å². The molecule has 2 aromatic carbocycles.